The first-order valence-electron chi connectivity index (χ1n) is 19.1. The fraction of sp³-hybridized carbons (Fsp3) is 0.163. The van der Waals surface area contributed by atoms with Crippen LogP contribution in [0, 0.1) is 30.8 Å². The number of para-hydroxylation sites is 2. The molecular weight excluding hydrogens is 900 g/mol. The summed E-state index contributed by atoms with van der Waals surface area (Å²) in [6, 6.07) is 47.5. The summed E-state index contributed by atoms with van der Waals surface area (Å²) < 4.78 is 22.4. The number of aromatic nitrogens is 4. The van der Waals surface area contributed by atoms with Crippen molar-refractivity contribution in [3.05, 3.63) is 163 Å². The molecule has 0 amide bonds. The summed E-state index contributed by atoms with van der Waals surface area (Å²) in [5.74, 6) is 1.12. The largest absolute Gasteiger partial charge is 0.486 e. The molecule has 5 nitrogen and oxygen atoms in total. The Kier molecular flexibility index (Phi) is 11.5. The zero-order valence-electron chi connectivity index (χ0n) is 32.9. The number of fused-ring (bicyclic) bond motifs is 4. The summed E-state index contributed by atoms with van der Waals surface area (Å²) in [7, 11) is -1.46. The van der Waals surface area contributed by atoms with E-state index in [0.29, 0.717) is 11.6 Å². The second-order valence-corrected chi connectivity index (χ2v) is 20.7. The Morgan fingerprint density at radius 1 is 0.789 bits per heavy atom. The standard InChI is InChI=1S/C25H16FN2.C24H27N2OSi.Ir/c26-20-15-16-23(21(17-20)18-9-3-1-4-10-18)28-24-14-8-7-13-22(24)27-25(28)19-11-5-2-6-12-19;1-15(2)12-17-13-21(25-14-22(17)28(4,5)6)20-9-7-8-18-19-11-10-16(3)26-24(19)27-23(18)20;/h1-11,13-17H;7-8,10-11,13-15H,12H2,1-6H3;/q2*-1;. The maximum Gasteiger partial charge on any atom is 0.216 e. The van der Waals surface area contributed by atoms with Crippen molar-refractivity contribution >= 4 is 46.4 Å². The van der Waals surface area contributed by atoms with Gasteiger partial charge in [-0.25, -0.2) is 9.37 Å². The van der Waals surface area contributed by atoms with E-state index in [1.807, 2.05) is 110 Å². The van der Waals surface area contributed by atoms with Crippen molar-refractivity contribution < 1.29 is 28.9 Å². The molecule has 0 aliphatic heterocycles. The first-order valence-corrected chi connectivity index (χ1v) is 22.6. The minimum Gasteiger partial charge on any atom is -0.486 e. The molecule has 0 spiro atoms. The SMILES string of the molecule is Cc1ccc2c(n1)oc1c(-c3cc(CC(C)C)c([Si](C)(C)C)cn3)[c-]ccc12.Fc1ccc(-n2c(-c3[c-]cccc3)nc3ccccc32)c(-c2ccccc2)c1.[Ir]. The molecule has 9 rings (SSSR count). The average Bonchev–Trinajstić information content (AvgIpc) is 3.76. The quantitative estimate of drug-likeness (QED) is 0.118. The average molecular weight is 943 g/mol. The molecule has 0 bridgehead atoms. The summed E-state index contributed by atoms with van der Waals surface area (Å²) >= 11 is 0. The normalized spacial score (nSPS) is 11.5. The Labute approximate surface area is 348 Å². The van der Waals surface area contributed by atoms with Crippen molar-refractivity contribution in [3.63, 3.8) is 0 Å². The summed E-state index contributed by atoms with van der Waals surface area (Å²) in [5.41, 5.74) is 11.1. The van der Waals surface area contributed by atoms with Gasteiger partial charge in [-0.1, -0.05) is 98.5 Å². The molecule has 0 aliphatic carbocycles. The van der Waals surface area contributed by atoms with Crippen molar-refractivity contribution in [2.75, 3.05) is 0 Å². The molecule has 0 unspecified atom stereocenters. The molecule has 0 saturated carbocycles. The van der Waals surface area contributed by atoms with Gasteiger partial charge in [0, 0.05) is 48.6 Å². The Hall–Kier alpha value is -5.53. The molecule has 4 aromatic heterocycles. The maximum absolute atomic E-state index is 14.2. The van der Waals surface area contributed by atoms with Crippen LogP contribution in [0.4, 0.5) is 4.39 Å². The zero-order chi connectivity index (χ0) is 39.0. The van der Waals surface area contributed by atoms with Crippen molar-refractivity contribution in [1.82, 2.24) is 19.5 Å². The Morgan fingerprint density at radius 2 is 1.56 bits per heavy atom. The third kappa shape index (κ3) is 8.17. The van der Waals surface area contributed by atoms with Gasteiger partial charge in [0.25, 0.3) is 0 Å². The number of rotatable bonds is 7. The van der Waals surface area contributed by atoms with Gasteiger partial charge in [0.1, 0.15) is 5.82 Å². The van der Waals surface area contributed by atoms with Crippen molar-refractivity contribution in [2.24, 2.45) is 5.92 Å². The van der Waals surface area contributed by atoms with E-state index in [-0.39, 0.29) is 25.9 Å². The number of hydrogen-bond donors (Lipinski definition) is 0. The summed E-state index contributed by atoms with van der Waals surface area (Å²) in [6.07, 6.45) is 3.16. The van der Waals surface area contributed by atoms with Crippen LogP contribution < -0.4 is 5.19 Å². The number of halogens is 1. The third-order valence-corrected chi connectivity index (χ3v) is 12.0. The van der Waals surface area contributed by atoms with Gasteiger partial charge in [-0.15, -0.1) is 54.1 Å². The van der Waals surface area contributed by atoms with E-state index >= 15 is 0 Å². The molecule has 1 radical (unpaired) electrons. The van der Waals surface area contributed by atoms with Crippen LogP contribution in [0.15, 0.2) is 138 Å². The van der Waals surface area contributed by atoms with Gasteiger partial charge in [0.15, 0.2) is 0 Å². The molecule has 0 fully saturated rings. The number of benzene rings is 5. The molecule has 0 N–H and O–H groups in total. The number of pyridine rings is 2. The molecule has 0 saturated heterocycles. The van der Waals surface area contributed by atoms with Gasteiger partial charge in [0.05, 0.1) is 30.5 Å². The van der Waals surface area contributed by atoms with Crippen LogP contribution in [-0.4, -0.2) is 27.6 Å². The van der Waals surface area contributed by atoms with Crippen LogP contribution in [0.5, 0.6) is 0 Å². The van der Waals surface area contributed by atoms with Gasteiger partial charge in [0.2, 0.25) is 5.71 Å². The molecular formula is C49H43FIrN4OSi-2. The topological polar surface area (TPSA) is 56.7 Å². The molecule has 9 aromatic rings. The minimum atomic E-state index is -1.46. The smallest absolute Gasteiger partial charge is 0.216 e. The van der Waals surface area contributed by atoms with Crippen molar-refractivity contribution in [1.29, 1.82) is 0 Å². The molecule has 0 atom stereocenters. The van der Waals surface area contributed by atoms with Crippen LogP contribution in [0.1, 0.15) is 25.1 Å². The third-order valence-electron chi connectivity index (χ3n) is 9.91. The number of hydrogen-bond acceptors (Lipinski definition) is 4. The summed E-state index contributed by atoms with van der Waals surface area (Å²) in [4.78, 5) is 14.3. The monoisotopic (exact) mass is 943 g/mol. The molecule has 0 aliphatic rings. The van der Waals surface area contributed by atoms with Crippen LogP contribution in [-0.2, 0) is 26.5 Å². The van der Waals surface area contributed by atoms with Gasteiger partial charge in [-0.2, -0.15) is 0 Å². The number of imidazole rings is 1. The second-order valence-electron chi connectivity index (χ2n) is 15.6. The fourth-order valence-corrected chi connectivity index (χ4v) is 8.95. The molecule has 4 heterocycles. The summed E-state index contributed by atoms with van der Waals surface area (Å²) in [6.45, 7) is 13.7. The molecule has 57 heavy (non-hydrogen) atoms. The van der Waals surface area contributed by atoms with E-state index in [9.17, 15) is 4.39 Å². The first-order chi connectivity index (χ1) is 27.0. The number of nitrogens with zero attached hydrogens (tertiary/aromatic N) is 4. The van der Waals surface area contributed by atoms with Gasteiger partial charge in [-0.3, -0.25) is 4.98 Å². The first kappa shape index (κ1) is 39.7. The van der Waals surface area contributed by atoms with E-state index in [1.165, 1.54) is 16.8 Å². The Morgan fingerprint density at radius 3 is 2.32 bits per heavy atom. The predicted molar refractivity (Wildman–Crippen MR) is 231 cm³/mol. The van der Waals surface area contributed by atoms with Crippen LogP contribution in [0.25, 0.3) is 72.6 Å². The van der Waals surface area contributed by atoms with Gasteiger partial charge in [-0.05, 0) is 78.2 Å². The Balaban J connectivity index is 0.000000171. The van der Waals surface area contributed by atoms with E-state index in [4.69, 9.17) is 14.4 Å². The Bertz CT molecular complexity index is 2830. The zero-order valence-corrected chi connectivity index (χ0v) is 36.3. The number of aryl methyl sites for hydroxylation is 1. The predicted octanol–water partition coefficient (Wildman–Crippen LogP) is 12.2. The van der Waals surface area contributed by atoms with Crippen molar-refractivity contribution in [2.45, 2.75) is 46.8 Å². The van der Waals surface area contributed by atoms with E-state index in [0.717, 1.165) is 79.0 Å². The second kappa shape index (κ2) is 16.5. The maximum atomic E-state index is 14.2. The molecule has 5 aromatic carbocycles. The fourth-order valence-electron chi connectivity index (χ4n) is 7.36. The van der Waals surface area contributed by atoms with E-state index in [2.05, 4.69) is 73.5 Å². The van der Waals surface area contributed by atoms with E-state index in [1.54, 1.807) is 6.07 Å². The summed E-state index contributed by atoms with van der Waals surface area (Å²) in [5, 5.41) is 3.55. The van der Waals surface area contributed by atoms with Gasteiger partial charge >= 0.3 is 0 Å². The number of furan rings is 1. The van der Waals surface area contributed by atoms with Crippen LogP contribution in [0.2, 0.25) is 19.6 Å². The molecule has 287 valence electrons. The van der Waals surface area contributed by atoms with Crippen molar-refractivity contribution in [3.8, 4) is 39.5 Å². The van der Waals surface area contributed by atoms with Gasteiger partial charge < -0.3 is 14.0 Å². The molecule has 8 heteroatoms. The van der Waals surface area contributed by atoms with E-state index < -0.39 is 8.07 Å². The van der Waals surface area contributed by atoms with Crippen LogP contribution >= 0.6 is 0 Å². The minimum absolute atomic E-state index is 0. The van der Waals surface area contributed by atoms with Crippen LogP contribution in [0.3, 0.4) is 0 Å².